The average molecular weight is 438 g/mol. The van der Waals surface area contributed by atoms with Gasteiger partial charge < -0.3 is 14.3 Å². The maximum atomic E-state index is 13.5. The van der Waals surface area contributed by atoms with Gasteiger partial charge in [-0.2, -0.15) is 0 Å². The molecule has 0 bridgehead atoms. The predicted molar refractivity (Wildman–Crippen MR) is 125 cm³/mol. The first kappa shape index (κ1) is 22.9. The van der Waals surface area contributed by atoms with E-state index in [-0.39, 0.29) is 12.0 Å². The molecule has 2 aromatic rings. The number of nitrogens with zero attached hydrogens (tertiary/aromatic N) is 2. The van der Waals surface area contributed by atoms with Gasteiger partial charge in [-0.05, 0) is 37.0 Å². The lowest BCUT2D eigenvalue weighted by Gasteiger charge is -2.42. The van der Waals surface area contributed by atoms with Crippen LogP contribution in [0.1, 0.15) is 56.2 Å². The molecule has 1 aliphatic heterocycles. The summed E-state index contributed by atoms with van der Waals surface area (Å²) in [5.74, 6) is -0.543. The molecule has 5 heteroatoms. The first-order valence-electron chi connectivity index (χ1n) is 12.2. The van der Waals surface area contributed by atoms with E-state index < -0.39 is 11.6 Å². The highest BCUT2D eigenvalue weighted by Crippen LogP contribution is 2.41. The summed E-state index contributed by atoms with van der Waals surface area (Å²) in [5.41, 5.74) is 0.207. The Morgan fingerprint density at radius 1 is 1.06 bits per heavy atom. The van der Waals surface area contributed by atoms with E-state index in [4.69, 9.17) is 4.74 Å². The van der Waals surface area contributed by atoms with Gasteiger partial charge in [-0.25, -0.2) is 4.79 Å². The smallest absolute Gasteiger partial charge is 0.343 e. The molecular formula is C27H37N2O3+. The molecule has 0 spiro atoms. The lowest BCUT2D eigenvalue weighted by atomic mass is 9.73. The number of esters is 1. The lowest BCUT2D eigenvalue weighted by molar-refractivity contribution is -0.916. The molecule has 1 saturated carbocycles. The topological polar surface area (TPSA) is 59.4 Å². The highest BCUT2D eigenvalue weighted by molar-refractivity contribution is 5.81. The largest absolute Gasteiger partial charge is 0.454 e. The second-order valence-corrected chi connectivity index (χ2v) is 9.96. The van der Waals surface area contributed by atoms with Crippen molar-refractivity contribution >= 4 is 5.97 Å². The van der Waals surface area contributed by atoms with E-state index in [2.05, 4.69) is 18.1 Å². The molecule has 5 nitrogen and oxygen atoms in total. The number of aliphatic hydroxyl groups is 1. The van der Waals surface area contributed by atoms with Crippen LogP contribution in [0.5, 0.6) is 0 Å². The first-order valence-corrected chi connectivity index (χ1v) is 12.2. The summed E-state index contributed by atoms with van der Waals surface area (Å²) in [6.07, 6.45) is 9.47. The molecule has 1 aliphatic carbocycles. The van der Waals surface area contributed by atoms with Gasteiger partial charge in [-0.1, -0.05) is 55.7 Å². The van der Waals surface area contributed by atoms with Gasteiger partial charge >= 0.3 is 5.97 Å². The molecule has 2 unspecified atom stereocenters. The molecule has 0 amide bonds. The minimum absolute atomic E-state index is 0.0835. The van der Waals surface area contributed by atoms with Crippen molar-refractivity contribution in [2.24, 2.45) is 5.92 Å². The number of hydrogen-bond acceptors (Lipinski definition) is 4. The third-order valence-corrected chi connectivity index (χ3v) is 7.50. The quantitative estimate of drug-likeness (QED) is 0.520. The van der Waals surface area contributed by atoms with Crippen LogP contribution in [0.15, 0.2) is 54.7 Å². The van der Waals surface area contributed by atoms with Gasteiger partial charge in [0.25, 0.3) is 0 Å². The van der Waals surface area contributed by atoms with E-state index in [9.17, 15) is 9.90 Å². The lowest BCUT2D eigenvalue weighted by Crippen LogP contribution is -2.56. The highest BCUT2D eigenvalue weighted by atomic mass is 16.6. The maximum absolute atomic E-state index is 13.5. The van der Waals surface area contributed by atoms with Crippen molar-refractivity contribution in [2.75, 3.05) is 26.7 Å². The van der Waals surface area contributed by atoms with Crippen molar-refractivity contribution in [3.05, 3.63) is 66.0 Å². The summed E-state index contributed by atoms with van der Waals surface area (Å²) >= 11 is 0. The van der Waals surface area contributed by atoms with Gasteiger partial charge in [0.15, 0.2) is 11.7 Å². The molecule has 1 aromatic heterocycles. The number of likely N-dealkylation sites (tertiary alicyclic amines) is 1. The molecule has 172 valence electrons. The van der Waals surface area contributed by atoms with Crippen LogP contribution >= 0.6 is 0 Å². The van der Waals surface area contributed by atoms with Crippen LogP contribution < -0.4 is 0 Å². The van der Waals surface area contributed by atoms with Crippen molar-refractivity contribution in [3.8, 4) is 0 Å². The van der Waals surface area contributed by atoms with Crippen LogP contribution in [-0.4, -0.2) is 53.3 Å². The van der Waals surface area contributed by atoms with E-state index in [1.807, 2.05) is 48.7 Å². The molecular weight excluding hydrogens is 400 g/mol. The number of hydrogen-bond donors (Lipinski definition) is 1. The van der Waals surface area contributed by atoms with Crippen molar-refractivity contribution < 1.29 is 19.1 Å². The number of ether oxygens (including phenoxy) is 1. The van der Waals surface area contributed by atoms with Gasteiger partial charge in [-0.15, -0.1) is 0 Å². The predicted octanol–water partition coefficient (Wildman–Crippen LogP) is 4.24. The number of quaternary nitrogens is 1. The molecule has 0 radical (unpaired) electrons. The Labute approximate surface area is 192 Å². The summed E-state index contributed by atoms with van der Waals surface area (Å²) in [5, 5.41) is 11.8. The number of rotatable bonds is 7. The molecule has 1 aromatic carbocycles. The van der Waals surface area contributed by atoms with Crippen LogP contribution in [0.4, 0.5) is 0 Å². The number of pyridine rings is 1. The van der Waals surface area contributed by atoms with Crippen molar-refractivity contribution in [3.63, 3.8) is 0 Å². The molecule has 2 fully saturated rings. The third-order valence-electron chi connectivity index (χ3n) is 7.50. The van der Waals surface area contributed by atoms with E-state index in [0.717, 1.165) is 74.8 Å². The number of benzene rings is 1. The molecule has 2 heterocycles. The van der Waals surface area contributed by atoms with Crippen LogP contribution in [0, 0.1) is 5.92 Å². The molecule has 1 saturated heterocycles. The highest BCUT2D eigenvalue weighted by Gasteiger charge is 2.48. The molecule has 1 N–H and O–H groups in total. The normalized spacial score (nSPS) is 26.2. The van der Waals surface area contributed by atoms with Gasteiger partial charge in [-0.3, -0.25) is 4.98 Å². The van der Waals surface area contributed by atoms with Crippen LogP contribution in [0.25, 0.3) is 0 Å². The fourth-order valence-corrected chi connectivity index (χ4v) is 5.58. The zero-order chi connectivity index (χ0) is 22.4. The van der Waals surface area contributed by atoms with Crippen molar-refractivity contribution in [2.45, 2.75) is 63.1 Å². The molecule has 3 atom stereocenters. The fraction of sp³-hybridized carbons (Fsp3) is 0.556. The van der Waals surface area contributed by atoms with Gasteiger partial charge in [0.2, 0.25) is 0 Å². The van der Waals surface area contributed by atoms with Crippen molar-refractivity contribution in [1.29, 1.82) is 0 Å². The van der Waals surface area contributed by atoms with Gasteiger partial charge in [0, 0.05) is 30.7 Å². The van der Waals surface area contributed by atoms with Gasteiger partial charge in [0.1, 0.15) is 6.54 Å². The van der Waals surface area contributed by atoms with E-state index in [1.165, 1.54) is 6.42 Å². The number of carbonyl (C=O) groups excluding carboxylic acids is 1. The Hall–Kier alpha value is -2.24. The summed E-state index contributed by atoms with van der Waals surface area (Å²) < 4.78 is 6.95. The minimum Gasteiger partial charge on any atom is -0.454 e. The monoisotopic (exact) mass is 437 g/mol. The summed E-state index contributed by atoms with van der Waals surface area (Å²) in [7, 11) is 2.24. The van der Waals surface area contributed by atoms with Crippen LogP contribution in [0.3, 0.4) is 0 Å². The average Bonchev–Trinajstić information content (AvgIpc) is 2.84. The SMILES string of the molecule is C[N+]1(CCc2ccccn2)CCC[C@@H](OC(=O)C(O)(c2ccccc2)C2CCCCC2)C1. The second-order valence-electron chi connectivity index (χ2n) is 9.96. The maximum Gasteiger partial charge on any atom is 0.343 e. The summed E-state index contributed by atoms with van der Waals surface area (Å²) in [4.78, 5) is 18.0. The van der Waals surface area contributed by atoms with Crippen LogP contribution in [0.2, 0.25) is 0 Å². The van der Waals surface area contributed by atoms with Crippen molar-refractivity contribution in [1.82, 2.24) is 4.98 Å². The van der Waals surface area contributed by atoms with E-state index in [0.29, 0.717) is 5.56 Å². The zero-order valence-corrected chi connectivity index (χ0v) is 19.3. The Morgan fingerprint density at radius 2 is 1.81 bits per heavy atom. The fourth-order valence-electron chi connectivity index (χ4n) is 5.58. The minimum atomic E-state index is -1.56. The number of carbonyl (C=O) groups is 1. The Kier molecular flexibility index (Phi) is 7.27. The number of likely N-dealkylation sites (N-methyl/N-ethyl adjacent to an activating group) is 1. The number of aromatic nitrogens is 1. The summed E-state index contributed by atoms with van der Waals surface area (Å²) in [6.45, 7) is 2.83. The first-order chi connectivity index (χ1) is 15.5. The van der Waals surface area contributed by atoms with E-state index in [1.54, 1.807) is 0 Å². The molecule has 2 aliphatic rings. The second kappa shape index (κ2) is 10.1. The Morgan fingerprint density at radius 3 is 2.53 bits per heavy atom. The zero-order valence-electron chi connectivity index (χ0n) is 19.3. The summed E-state index contributed by atoms with van der Waals surface area (Å²) in [6, 6.07) is 15.5. The number of piperidine rings is 1. The van der Waals surface area contributed by atoms with E-state index >= 15 is 0 Å². The Balaban J connectivity index is 1.45. The third kappa shape index (κ3) is 5.21. The van der Waals surface area contributed by atoms with Gasteiger partial charge in [0.05, 0.1) is 20.1 Å². The molecule has 4 rings (SSSR count). The standard InChI is InChI=1S/C27H37N2O3/c1-29(20-17-24-15-8-9-18-28-24)19-10-16-25(21-29)32-26(30)27(31,22-11-4-2-5-12-22)23-13-6-3-7-14-23/h2,4-5,8-9,11-12,15,18,23,25,31H,3,6-7,10,13-14,16-17,19-21H2,1H3/q+1/t25-,27?,29?/m1/s1. The Bertz CT molecular complexity index is 869. The van der Waals surface area contributed by atoms with Crippen LogP contribution in [-0.2, 0) is 21.6 Å². The molecule has 32 heavy (non-hydrogen) atoms.